The number of phenols is 1. The summed E-state index contributed by atoms with van der Waals surface area (Å²) in [6.07, 6.45) is 5.56. The second-order valence-corrected chi connectivity index (χ2v) is 15.4. The molecule has 0 radical (unpaired) electrons. The van der Waals surface area contributed by atoms with Gasteiger partial charge in [0.15, 0.2) is 5.82 Å². The fourth-order valence-electron chi connectivity index (χ4n) is 8.95. The van der Waals surface area contributed by atoms with Crippen LogP contribution in [0.2, 0.25) is 0 Å². The van der Waals surface area contributed by atoms with Gasteiger partial charge in [0.1, 0.15) is 22.9 Å². The molecule has 2 saturated carbocycles. The summed E-state index contributed by atoms with van der Waals surface area (Å²) in [5.41, 5.74) is 0.302. The number of fused-ring (bicyclic) bond motifs is 4. The van der Waals surface area contributed by atoms with Gasteiger partial charge in [0, 0.05) is 59.9 Å². The van der Waals surface area contributed by atoms with Crippen LogP contribution >= 0.6 is 0 Å². The van der Waals surface area contributed by atoms with E-state index in [0.29, 0.717) is 84.1 Å². The minimum atomic E-state index is -2.51. The lowest BCUT2D eigenvalue weighted by Crippen LogP contribution is -2.51. The Labute approximate surface area is 282 Å². The number of halogens is 4. The molecule has 2 atom stereocenters. The molecule has 2 unspecified atom stereocenters. The maximum atomic E-state index is 16.9. The van der Waals surface area contributed by atoms with E-state index in [1.165, 1.54) is 12.1 Å². The summed E-state index contributed by atoms with van der Waals surface area (Å²) in [5.74, 6) is -2.88. The monoisotopic (exact) mass is 675 g/mol. The lowest BCUT2D eigenvalue weighted by atomic mass is 9.92. The topological polar surface area (TPSA) is 73.8 Å². The van der Waals surface area contributed by atoms with Crippen molar-refractivity contribution < 1.29 is 27.4 Å². The SMILES string of the molecule is CCc1c(F)ccc2cc(O)cc(-c3ccc4c(N5CC6CCC(C5)N6)nc(OCC5(CN6CCC7(CC6)CC7(F)F)CC5)nc4c3F)c12. The zero-order valence-electron chi connectivity index (χ0n) is 27.7. The predicted octanol–water partition coefficient (Wildman–Crippen LogP) is 7.22. The first-order valence-corrected chi connectivity index (χ1v) is 17.7. The van der Waals surface area contributed by atoms with Crippen molar-refractivity contribution >= 4 is 27.5 Å². The summed E-state index contributed by atoms with van der Waals surface area (Å²) in [6, 6.07) is 10.3. The van der Waals surface area contributed by atoms with Gasteiger partial charge in [0.05, 0.1) is 6.61 Å². The van der Waals surface area contributed by atoms with Gasteiger partial charge in [-0.25, -0.2) is 17.6 Å². The van der Waals surface area contributed by atoms with Crippen molar-refractivity contribution in [1.29, 1.82) is 0 Å². The van der Waals surface area contributed by atoms with Crippen molar-refractivity contribution in [2.75, 3.05) is 44.2 Å². The van der Waals surface area contributed by atoms with Crippen LogP contribution in [-0.2, 0) is 6.42 Å². The number of hydrogen-bond donors (Lipinski definition) is 2. The molecular formula is C38H41F4N5O2. The van der Waals surface area contributed by atoms with Crippen molar-refractivity contribution in [3.63, 3.8) is 0 Å². The van der Waals surface area contributed by atoms with E-state index < -0.39 is 17.2 Å². The Morgan fingerprint density at radius 1 is 0.959 bits per heavy atom. The maximum Gasteiger partial charge on any atom is 0.319 e. The number of aromatic nitrogens is 2. The largest absolute Gasteiger partial charge is 0.508 e. The molecule has 3 aromatic carbocycles. The number of aromatic hydroxyl groups is 1. The molecule has 2 bridgehead atoms. The number of nitrogens with zero attached hydrogens (tertiary/aromatic N) is 4. The van der Waals surface area contributed by atoms with Gasteiger partial charge >= 0.3 is 6.01 Å². The minimum Gasteiger partial charge on any atom is -0.508 e. The second-order valence-electron chi connectivity index (χ2n) is 15.4. The number of phenolic OH excluding ortho intramolecular Hbond substituents is 1. The van der Waals surface area contributed by atoms with Crippen LogP contribution < -0.4 is 15.0 Å². The van der Waals surface area contributed by atoms with Gasteiger partial charge in [-0.15, -0.1) is 0 Å². The zero-order valence-corrected chi connectivity index (χ0v) is 27.7. The van der Waals surface area contributed by atoms with Gasteiger partial charge in [-0.05, 0) is 104 Å². The number of ether oxygens (including phenoxy) is 1. The van der Waals surface area contributed by atoms with Crippen LogP contribution in [0.5, 0.6) is 11.8 Å². The molecule has 2 N–H and O–H groups in total. The molecule has 2 aliphatic carbocycles. The van der Waals surface area contributed by atoms with Crippen LogP contribution in [0, 0.1) is 22.5 Å². The Kier molecular flexibility index (Phi) is 7.12. The molecule has 5 aliphatic rings. The van der Waals surface area contributed by atoms with Gasteiger partial charge in [-0.2, -0.15) is 9.97 Å². The van der Waals surface area contributed by atoms with E-state index in [0.717, 1.165) is 45.3 Å². The Morgan fingerprint density at radius 3 is 2.37 bits per heavy atom. The van der Waals surface area contributed by atoms with Crippen molar-refractivity contribution in [1.82, 2.24) is 20.2 Å². The van der Waals surface area contributed by atoms with E-state index in [1.54, 1.807) is 18.2 Å². The third-order valence-electron chi connectivity index (χ3n) is 12.1. The quantitative estimate of drug-likeness (QED) is 0.191. The van der Waals surface area contributed by atoms with E-state index in [-0.39, 0.29) is 40.5 Å². The third kappa shape index (κ3) is 5.30. The number of nitrogens with one attached hydrogen (secondary N) is 1. The highest BCUT2D eigenvalue weighted by Crippen LogP contribution is 2.66. The number of likely N-dealkylation sites (tertiary alicyclic amines) is 1. The van der Waals surface area contributed by atoms with E-state index in [1.807, 2.05) is 13.0 Å². The predicted molar refractivity (Wildman–Crippen MR) is 180 cm³/mol. The zero-order chi connectivity index (χ0) is 33.7. The van der Waals surface area contributed by atoms with Crippen molar-refractivity contribution in [2.45, 2.75) is 76.3 Å². The molecule has 49 heavy (non-hydrogen) atoms. The van der Waals surface area contributed by atoms with Crippen molar-refractivity contribution in [2.24, 2.45) is 10.8 Å². The van der Waals surface area contributed by atoms with Crippen molar-refractivity contribution in [3.8, 4) is 22.9 Å². The first kappa shape index (κ1) is 31.3. The molecular weight excluding hydrogens is 634 g/mol. The minimum absolute atomic E-state index is 0.0227. The number of anilines is 1. The second kappa shape index (κ2) is 11.2. The summed E-state index contributed by atoms with van der Waals surface area (Å²) in [7, 11) is 0. The van der Waals surface area contributed by atoms with Crippen LogP contribution in [0.25, 0.3) is 32.8 Å². The summed E-state index contributed by atoms with van der Waals surface area (Å²) in [6.45, 7) is 5.80. The summed E-state index contributed by atoms with van der Waals surface area (Å²) in [4.78, 5) is 14.1. The van der Waals surface area contributed by atoms with Crippen LogP contribution in [0.4, 0.5) is 23.4 Å². The number of aryl methyl sites for hydroxylation is 1. The molecule has 258 valence electrons. The highest BCUT2D eigenvalue weighted by Gasteiger charge is 2.70. The number of hydrogen-bond acceptors (Lipinski definition) is 7. The molecule has 1 spiro atoms. The molecule has 5 fully saturated rings. The first-order valence-electron chi connectivity index (χ1n) is 17.7. The Hall–Kier alpha value is -3.70. The molecule has 4 aromatic rings. The number of benzene rings is 3. The van der Waals surface area contributed by atoms with Gasteiger partial charge in [0.25, 0.3) is 5.92 Å². The van der Waals surface area contributed by atoms with Gasteiger partial charge in [-0.1, -0.05) is 19.1 Å². The molecule has 7 nitrogen and oxygen atoms in total. The smallest absolute Gasteiger partial charge is 0.319 e. The summed E-state index contributed by atoms with van der Waals surface area (Å²) >= 11 is 0. The molecule has 1 aromatic heterocycles. The molecule has 4 heterocycles. The van der Waals surface area contributed by atoms with Gasteiger partial charge < -0.3 is 25.0 Å². The van der Waals surface area contributed by atoms with Crippen LogP contribution in [-0.4, -0.2) is 77.3 Å². The average Bonchev–Trinajstić information content (AvgIpc) is 3.93. The van der Waals surface area contributed by atoms with Gasteiger partial charge in [0.2, 0.25) is 0 Å². The fourth-order valence-corrected chi connectivity index (χ4v) is 8.95. The highest BCUT2D eigenvalue weighted by molar-refractivity contribution is 6.03. The third-order valence-corrected chi connectivity index (χ3v) is 12.1. The number of piperidine rings is 1. The first-order chi connectivity index (χ1) is 23.6. The number of piperazine rings is 1. The Morgan fingerprint density at radius 2 is 1.69 bits per heavy atom. The number of rotatable bonds is 8. The van der Waals surface area contributed by atoms with Crippen LogP contribution in [0.15, 0.2) is 36.4 Å². The lowest BCUT2D eigenvalue weighted by Gasteiger charge is -2.35. The molecule has 11 heteroatoms. The molecule has 3 saturated heterocycles. The maximum absolute atomic E-state index is 16.9. The molecule has 9 rings (SSSR count). The van der Waals surface area contributed by atoms with E-state index in [9.17, 15) is 13.9 Å². The Balaban J connectivity index is 1.07. The van der Waals surface area contributed by atoms with Crippen LogP contribution in [0.3, 0.4) is 0 Å². The lowest BCUT2D eigenvalue weighted by molar-refractivity contribution is 0.0252. The standard InChI is InChI=1S/C38H41F4N5O2/c1-2-26-30(39)8-3-22-15-25(48)16-29(31(22)26)27-6-7-28-33(32(27)40)44-35(45-34(28)47-17-23-4-5-24(18-47)43-23)49-21-36(9-10-36)20-46-13-11-37(12-14-46)19-38(37,41)42/h3,6-8,15-16,23-24,43,48H,2,4-5,9-14,17-21H2,1H3. The number of alkyl halides is 2. The van der Waals surface area contributed by atoms with Crippen LogP contribution in [0.1, 0.15) is 57.4 Å². The Bertz CT molecular complexity index is 1960. The molecule has 0 amide bonds. The summed E-state index contributed by atoms with van der Waals surface area (Å²) in [5, 5.41) is 16.0. The van der Waals surface area contributed by atoms with E-state index in [2.05, 4.69) is 20.1 Å². The van der Waals surface area contributed by atoms with E-state index >= 15 is 8.78 Å². The fraction of sp³-hybridized carbons (Fsp3) is 0.526. The summed E-state index contributed by atoms with van der Waals surface area (Å²) < 4.78 is 66.2. The highest BCUT2D eigenvalue weighted by atomic mass is 19.3. The normalized spacial score (nSPS) is 25.0. The van der Waals surface area contributed by atoms with E-state index in [4.69, 9.17) is 9.72 Å². The average molecular weight is 676 g/mol. The van der Waals surface area contributed by atoms with Gasteiger partial charge in [-0.3, -0.25) is 0 Å². The van der Waals surface area contributed by atoms with Crippen molar-refractivity contribution in [3.05, 3.63) is 53.6 Å². The molecule has 3 aliphatic heterocycles.